The summed E-state index contributed by atoms with van der Waals surface area (Å²) in [5.74, 6) is -0.00953. The van der Waals surface area contributed by atoms with Crippen LogP contribution in [0, 0.1) is 0 Å². The van der Waals surface area contributed by atoms with Gasteiger partial charge in [-0.2, -0.15) is 0 Å². The molecule has 0 radical (unpaired) electrons. The van der Waals surface area contributed by atoms with Gasteiger partial charge in [0.2, 0.25) is 5.91 Å². The first-order valence-electron chi connectivity index (χ1n) is 4.26. The van der Waals surface area contributed by atoms with Crippen LogP contribution in [-0.4, -0.2) is 31.7 Å². The van der Waals surface area contributed by atoms with Crippen molar-refractivity contribution in [2.24, 2.45) is 5.73 Å². The predicted molar refractivity (Wildman–Crippen MR) is 47.8 cm³/mol. The Kier molecular flexibility index (Phi) is 6.70. The Morgan fingerprint density at radius 3 is 2.83 bits per heavy atom. The summed E-state index contributed by atoms with van der Waals surface area (Å²) in [5.41, 5.74) is 5.43. The second-order valence-electron chi connectivity index (χ2n) is 2.73. The summed E-state index contributed by atoms with van der Waals surface area (Å²) in [5, 5.41) is 2.70. The van der Waals surface area contributed by atoms with E-state index in [-0.39, 0.29) is 11.9 Å². The van der Waals surface area contributed by atoms with Gasteiger partial charge in [-0.05, 0) is 13.8 Å². The van der Waals surface area contributed by atoms with E-state index in [1.165, 1.54) is 0 Å². The van der Waals surface area contributed by atoms with Gasteiger partial charge in [-0.15, -0.1) is 0 Å². The Bertz CT molecular complexity index is 126. The van der Waals surface area contributed by atoms with Gasteiger partial charge in [-0.3, -0.25) is 4.79 Å². The summed E-state index contributed by atoms with van der Waals surface area (Å²) in [6, 6.07) is -0.0721. The van der Waals surface area contributed by atoms with Gasteiger partial charge >= 0.3 is 0 Å². The molecule has 4 nitrogen and oxygen atoms in total. The van der Waals surface area contributed by atoms with E-state index in [1.54, 1.807) is 0 Å². The summed E-state index contributed by atoms with van der Waals surface area (Å²) >= 11 is 0. The third kappa shape index (κ3) is 7.50. The van der Waals surface area contributed by atoms with Gasteiger partial charge in [0, 0.05) is 25.6 Å². The molecule has 72 valence electrons. The Balaban J connectivity index is 3.20. The molecular weight excluding hydrogens is 156 g/mol. The molecule has 0 bridgehead atoms. The smallest absolute Gasteiger partial charge is 0.221 e. The average Bonchev–Trinajstić information content (AvgIpc) is 1.97. The predicted octanol–water partition coefficient (Wildman–Crippen LogP) is -0.124. The lowest BCUT2D eigenvalue weighted by molar-refractivity contribution is -0.121. The van der Waals surface area contributed by atoms with Crippen molar-refractivity contribution in [2.45, 2.75) is 26.3 Å². The van der Waals surface area contributed by atoms with Gasteiger partial charge in [0.25, 0.3) is 0 Å². The van der Waals surface area contributed by atoms with Crippen LogP contribution in [0.15, 0.2) is 0 Å². The molecular formula is C8H18N2O2. The molecule has 0 aromatic carbocycles. The molecule has 0 saturated heterocycles. The van der Waals surface area contributed by atoms with Crippen LogP contribution in [0.25, 0.3) is 0 Å². The van der Waals surface area contributed by atoms with Crippen molar-refractivity contribution < 1.29 is 9.53 Å². The van der Waals surface area contributed by atoms with Crippen LogP contribution in [-0.2, 0) is 9.53 Å². The molecule has 4 heteroatoms. The maximum Gasteiger partial charge on any atom is 0.221 e. The van der Waals surface area contributed by atoms with Crippen LogP contribution in [0.1, 0.15) is 20.3 Å². The minimum absolute atomic E-state index is 0.00953. The zero-order valence-electron chi connectivity index (χ0n) is 7.80. The second-order valence-corrected chi connectivity index (χ2v) is 2.73. The van der Waals surface area contributed by atoms with E-state index in [1.807, 2.05) is 13.8 Å². The molecule has 1 atom stereocenters. The molecule has 0 saturated carbocycles. The van der Waals surface area contributed by atoms with Crippen molar-refractivity contribution in [3.05, 3.63) is 0 Å². The number of hydrogen-bond donors (Lipinski definition) is 2. The Labute approximate surface area is 73.5 Å². The first-order valence-corrected chi connectivity index (χ1v) is 4.26. The highest BCUT2D eigenvalue weighted by Crippen LogP contribution is 1.84. The summed E-state index contributed by atoms with van der Waals surface area (Å²) in [6.45, 7) is 5.55. The molecule has 0 aromatic rings. The standard InChI is InChI=1S/C8H18N2O2/c1-3-12-5-4-10-8(11)6-7(2)9/h7H,3-6,9H2,1-2H3,(H,10,11). The van der Waals surface area contributed by atoms with Crippen LogP contribution in [0.4, 0.5) is 0 Å². The van der Waals surface area contributed by atoms with Crippen LogP contribution in [0.5, 0.6) is 0 Å². The third-order valence-corrected chi connectivity index (χ3v) is 1.28. The summed E-state index contributed by atoms with van der Waals surface area (Å²) in [7, 11) is 0. The van der Waals surface area contributed by atoms with Gasteiger partial charge in [0.15, 0.2) is 0 Å². The first kappa shape index (κ1) is 11.4. The molecule has 0 aromatic heterocycles. The molecule has 1 amide bonds. The molecule has 0 rings (SSSR count). The number of ether oxygens (including phenoxy) is 1. The Morgan fingerprint density at radius 1 is 1.67 bits per heavy atom. The van der Waals surface area contributed by atoms with E-state index in [4.69, 9.17) is 10.5 Å². The topological polar surface area (TPSA) is 64.3 Å². The van der Waals surface area contributed by atoms with Crippen LogP contribution < -0.4 is 11.1 Å². The number of nitrogens with two attached hydrogens (primary N) is 1. The molecule has 0 aliphatic rings. The van der Waals surface area contributed by atoms with E-state index in [0.717, 1.165) is 0 Å². The van der Waals surface area contributed by atoms with E-state index < -0.39 is 0 Å². The number of rotatable bonds is 6. The first-order chi connectivity index (χ1) is 5.66. The molecule has 1 unspecified atom stereocenters. The summed E-state index contributed by atoms with van der Waals surface area (Å²) < 4.78 is 5.04. The van der Waals surface area contributed by atoms with Crippen molar-refractivity contribution in [3.8, 4) is 0 Å². The minimum Gasteiger partial charge on any atom is -0.380 e. The lowest BCUT2D eigenvalue weighted by Crippen LogP contribution is -2.32. The molecule has 3 N–H and O–H groups in total. The SMILES string of the molecule is CCOCCNC(=O)CC(C)N. The van der Waals surface area contributed by atoms with Gasteiger partial charge < -0.3 is 15.8 Å². The highest BCUT2D eigenvalue weighted by molar-refractivity contribution is 5.76. The normalized spacial score (nSPS) is 12.6. The van der Waals surface area contributed by atoms with Crippen molar-refractivity contribution >= 4 is 5.91 Å². The van der Waals surface area contributed by atoms with Gasteiger partial charge in [0.05, 0.1) is 6.61 Å². The summed E-state index contributed by atoms with van der Waals surface area (Å²) in [4.78, 5) is 11.0. The quantitative estimate of drug-likeness (QED) is 0.552. The second kappa shape index (κ2) is 7.06. The minimum atomic E-state index is -0.0721. The molecule has 0 aliphatic heterocycles. The molecule has 0 heterocycles. The van der Waals surface area contributed by atoms with E-state index in [2.05, 4.69) is 5.32 Å². The number of hydrogen-bond acceptors (Lipinski definition) is 3. The van der Waals surface area contributed by atoms with Crippen LogP contribution in [0.2, 0.25) is 0 Å². The van der Waals surface area contributed by atoms with E-state index in [0.29, 0.717) is 26.2 Å². The Hall–Kier alpha value is -0.610. The molecule has 0 fully saturated rings. The number of amides is 1. The third-order valence-electron chi connectivity index (χ3n) is 1.28. The highest BCUT2D eigenvalue weighted by atomic mass is 16.5. The van der Waals surface area contributed by atoms with Gasteiger partial charge in [-0.1, -0.05) is 0 Å². The molecule has 0 spiro atoms. The molecule has 0 aliphatic carbocycles. The maximum atomic E-state index is 11.0. The fraction of sp³-hybridized carbons (Fsp3) is 0.875. The van der Waals surface area contributed by atoms with Crippen molar-refractivity contribution in [1.29, 1.82) is 0 Å². The maximum absolute atomic E-state index is 11.0. The molecule has 12 heavy (non-hydrogen) atoms. The number of carbonyl (C=O) groups is 1. The average molecular weight is 174 g/mol. The van der Waals surface area contributed by atoms with Crippen molar-refractivity contribution in [2.75, 3.05) is 19.8 Å². The lowest BCUT2D eigenvalue weighted by atomic mass is 10.2. The van der Waals surface area contributed by atoms with Crippen molar-refractivity contribution in [1.82, 2.24) is 5.32 Å². The zero-order valence-corrected chi connectivity index (χ0v) is 7.80. The number of nitrogens with one attached hydrogen (secondary N) is 1. The van der Waals surface area contributed by atoms with Gasteiger partial charge in [0.1, 0.15) is 0 Å². The number of carbonyl (C=O) groups excluding carboxylic acids is 1. The van der Waals surface area contributed by atoms with E-state index >= 15 is 0 Å². The lowest BCUT2D eigenvalue weighted by Gasteiger charge is -2.06. The van der Waals surface area contributed by atoms with Crippen molar-refractivity contribution in [3.63, 3.8) is 0 Å². The fourth-order valence-electron chi connectivity index (χ4n) is 0.772. The monoisotopic (exact) mass is 174 g/mol. The van der Waals surface area contributed by atoms with E-state index in [9.17, 15) is 4.79 Å². The fourth-order valence-corrected chi connectivity index (χ4v) is 0.772. The summed E-state index contributed by atoms with van der Waals surface area (Å²) in [6.07, 6.45) is 0.381. The van der Waals surface area contributed by atoms with Crippen LogP contribution >= 0.6 is 0 Å². The highest BCUT2D eigenvalue weighted by Gasteiger charge is 2.02. The largest absolute Gasteiger partial charge is 0.380 e. The Morgan fingerprint density at radius 2 is 2.33 bits per heavy atom. The zero-order chi connectivity index (χ0) is 9.40. The van der Waals surface area contributed by atoms with Gasteiger partial charge in [-0.25, -0.2) is 0 Å². The van der Waals surface area contributed by atoms with Crippen LogP contribution in [0.3, 0.4) is 0 Å².